The molecule has 9 nitrogen and oxygen atoms in total. The Bertz CT molecular complexity index is 2130. The number of carbonyl (C=O) groups is 1. The summed E-state index contributed by atoms with van der Waals surface area (Å²) in [5.41, 5.74) is 4.31. The first-order valence-electron chi connectivity index (χ1n) is 14.4. The average molecular weight is 627 g/mol. The third-order valence-electron chi connectivity index (χ3n) is 8.08. The lowest BCUT2D eigenvalue weighted by molar-refractivity contribution is -0.129. The van der Waals surface area contributed by atoms with Crippen LogP contribution >= 0.6 is 11.3 Å². The molecule has 5 heterocycles. The van der Waals surface area contributed by atoms with Gasteiger partial charge < -0.3 is 14.7 Å². The molecule has 1 atom stereocenters. The number of hydrogen-bond donors (Lipinski definition) is 1. The monoisotopic (exact) mass is 626 g/mol. The van der Waals surface area contributed by atoms with E-state index >= 15 is 4.39 Å². The first-order chi connectivity index (χ1) is 21.8. The molecule has 7 rings (SSSR count). The summed E-state index contributed by atoms with van der Waals surface area (Å²) in [6.45, 7) is 5.96. The van der Waals surface area contributed by atoms with Gasteiger partial charge in [-0.25, -0.2) is 13.8 Å². The van der Waals surface area contributed by atoms with Crippen LogP contribution in [0.4, 0.5) is 8.78 Å². The number of ether oxygens (including phenoxy) is 1. The summed E-state index contributed by atoms with van der Waals surface area (Å²) in [5, 5.41) is 22.6. The minimum atomic E-state index is -0.830. The molecule has 0 unspecified atom stereocenters. The fourth-order valence-corrected chi connectivity index (χ4v) is 7.00. The smallest absolute Gasteiger partial charge is 0.246 e. The lowest BCUT2D eigenvalue weighted by Crippen LogP contribution is -2.40. The molecule has 1 aliphatic rings. The van der Waals surface area contributed by atoms with Crippen LogP contribution in [0.15, 0.2) is 66.7 Å². The maximum absolute atomic E-state index is 15.9. The maximum Gasteiger partial charge on any atom is 0.246 e. The zero-order valence-corrected chi connectivity index (χ0v) is 25.3. The summed E-state index contributed by atoms with van der Waals surface area (Å²) in [6, 6.07) is 11.3. The Labute approximate surface area is 260 Å². The Morgan fingerprint density at radius 1 is 1.13 bits per heavy atom. The number of aliphatic hydroxyl groups is 1. The number of carbonyl (C=O) groups excluding carboxylic acids is 1. The molecule has 1 N–H and O–H groups in total. The quantitative estimate of drug-likeness (QED) is 0.215. The molecule has 45 heavy (non-hydrogen) atoms. The first kappa shape index (κ1) is 28.8. The van der Waals surface area contributed by atoms with E-state index in [0.717, 1.165) is 39.7 Å². The zero-order chi connectivity index (χ0) is 31.4. The van der Waals surface area contributed by atoms with Crippen LogP contribution in [-0.4, -0.2) is 60.2 Å². The van der Waals surface area contributed by atoms with Crippen molar-refractivity contribution in [1.29, 1.82) is 0 Å². The van der Waals surface area contributed by atoms with Gasteiger partial charge in [0, 0.05) is 58.5 Å². The molecule has 228 valence electrons. The van der Waals surface area contributed by atoms with Gasteiger partial charge in [0.2, 0.25) is 5.91 Å². The topological polar surface area (TPSA) is 98.3 Å². The van der Waals surface area contributed by atoms with Crippen LogP contribution in [0.2, 0.25) is 0 Å². The van der Waals surface area contributed by atoms with E-state index < -0.39 is 11.6 Å². The average Bonchev–Trinajstić information content (AvgIpc) is 3.77. The van der Waals surface area contributed by atoms with Gasteiger partial charge in [0.05, 0.1) is 41.7 Å². The van der Waals surface area contributed by atoms with Gasteiger partial charge in [-0.2, -0.15) is 10.2 Å². The highest BCUT2D eigenvalue weighted by Gasteiger charge is 2.31. The molecular formula is C33H28F2N6O3S. The van der Waals surface area contributed by atoms with E-state index in [4.69, 9.17) is 14.8 Å². The fourth-order valence-electron chi connectivity index (χ4n) is 6.05. The summed E-state index contributed by atoms with van der Waals surface area (Å²) in [4.78, 5) is 19.4. The predicted octanol–water partition coefficient (Wildman–Crippen LogP) is 6.12. The molecule has 1 aliphatic heterocycles. The highest BCUT2D eigenvalue weighted by molar-refractivity contribution is 7.18. The van der Waals surface area contributed by atoms with E-state index in [0.29, 0.717) is 40.4 Å². The number of thiophene rings is 1. The van der Waals surface area contributed by atoms with Gasteiger partial charge in [-0.15, -0.1) is 11.3 Å². The van der Waals surface area contributed by atoms with Crippen molar-refractivity contribution in [3.63, 3.8) is 0 Å². The fraction of sp³-hybridized carbons (Fsp3) is 0.212. The van der Waals surface area contributed by atoms with Crippen LogP contribution in [-0.2, 0) is 18.4 Å². The summed E-state index contributed by atoms with van der Waals surface area (Å²) in [6.07, 6.45) is 3.23. The summed E-state index contributed by atoms with van der Waals surface area (Å²) >= 11 is 1.40. The highest BCUT2D eigenvalue weighted by Crippen LogP contribution is 2.47. The van der Waals surface area contributed by atoms with Gasteiger partial charge in [0.15, 0.2) is 0 Å². The second-order valence-electron chi connectivity index (χ2n) is 10.8. The number of pyridine rings is 1. The van der Waals surface area contributed by atoms with E-state index in [1.54, 1.807) is 9.58 Å². The molecule has 0 spiro atoms. The van der Waals surface area contributed by atoms with Crippen molar-refractivity contribution in [3.05, 3.63) is 84.0 Å². The van der Waals surface area contributed by atoms with Gasteiger partial charge >= 0.3 is 0 Å². The largest absolute Gasteiger partial charge is 0.490 e. The van der Waals surface area contributed by atoms with Crippen molar-refractivity contribution in [3.8, 4) is 39.5 Å². The molecule has 12 heteroatoms. The Morgan fingerprint density at radius 3 is 2.78 bits per heavy atom. The number of aryl methyl sites for hydroxylation is 1. The second-order valence-corrected chi connectivity index (χ2v) is 11.8. The van der Waals surface area contributed by atoms with E-state index in [-0.39, 0.29) is 36.5 Å². The first-order valence-corrected chi connectivity index (χ1v) is 15.2. The molecule has 0 saturated carbocycles. The Hall–Kier alpha value is -4.94. The number of aliphatic hydroxyl groups excluding tert-OH is 1. The third kappa shape index (κ3) is 4.86. The van der Waals surface area contributed by atoms with E-state index in [2.05, 4.69) is 11.7 Å². The number of amides is 1. The van der Waals surface area contributed by atoms with Crippen LogP contribution in [0.5, 0.6) is 5.75 Å². The van der Waals surface area contributed by atoms with Crippen molar-refractivity contribution >= 4 is 38.2 Å². The molecule has 0 saturated heterocycles. The summed E-state index contributed by atoms with van der Waals surface area (Å²) in [7, 11) is 1.86. The normalized spacial score (nSPS) is 14.7. The number of aromatic nitrogens is 5. The molecule has 4 aromatic heterocycles. The number of halogens is 2. The molecule has 6 aromatic rings. The minimum Gasteiger partial charge on any atom is -0.490 e. The van der Waals surface area contributed by atoms with Crippen molar-refractivity contribution in [2.45, 2.75) is 19.5 Å². The lowest BCUT2D eigenvalue weighted by atomic mass is 9.96. The molecule has 0 radical (unpaired) electrons. The minimum absolute atomic E-state index is 0.0222. The van der Waals surface area contributed by atoms with E-state index in [9.17, 15) is 14.3 Å². The van der Waals surface area contributed by atoms with E-state index in [1.165, 1.54) is 17.4 Å². The number of fused-ring (bicyclic) bond motifs is 3. The SMILES string of the molecule is C=CC(=O)N1CCn2nc(-c3nc(-c4ccc5cn(C)nc5c4)c4ccsc4c3-c3c(F)cc(F)cc3OCCO)cc2[C@H]1C. The van der Waals surface area contributed by atoms with Gasteiger partial charge in [-0.3, -0.25) is 14.2 Å². The standard InChI is InChI=1S/C33H28F2N6O3S/c1-4-28(43)40-8-9-41-26(18(40)2)16-25(38-41)32-30(29-23(35)14-21(34)15-27(29)44-11-10-42)33-22(7-12-45-33)31(36-32)19-5-6-20-17-39(3)37-24(20)13-19/h4-7,12-18,42H,1,8-11H2,2-3H3/t18-/m1/s1. The number of nitrogens with zero attached hydrogens (tertiary/aromatic N) is 6. The Balaban J connectivity index is 1.52. The van der Waals surface area contributed by atoms with Crippen molar-refractivity contribution in [2.75, 3.05) is 19.8 Å². The van der Waals surface area contributed by atoms with Crippen LogP contribution < -0.4 is 4.74 Å². The molecule has 0 bridgehead atoms. The van der Waals surface area contributed by atoms with Crippen LogP contribution in [0.3, 0.4) is 0 Å². The van der Waals surface area contributed by atoms with Crippen molar-refractivity contribution < 1.29 is 23.4 Å². The predicted molar refractivity (Wildman–Crippen MR) is 169 cm³/mol. The molecule has 2 aromatic carbocycles. The highest BCUT2D eigenvalue weighted by atomic mass is 32.1. The van der Waals surface area contributed by atoms with Gasteiger partial charge in [0.25, 0.3) is 0 Å². The second kappa shape index (κ2) is 11.2. The Kier molecular flexibility index (Phi) is 7.17. The van der Waals surface area contributed by atoms with Gasteiger partial charge in [-0.05, 0) is 36.6 Å². The van der Waals surface area contributed by atoms with Crippen molar-refractivity contribution in [2.24, 2.45) is 7.05 Å². The third-order valence-corrected chi connectivity index (χ3v) is 9.01. The van der Waals surface area contributed by atoms with Crippen molar-refractivity contribution in [1.82, 2.24) is 29.4 Å². The maximum atomic E-state index is 15.9. The van der Waals surface area contributed by atoms with Crippen LogP contribution in [0.1, 0.15) is 18.7 Å². The molecular weight excluding hydrogens is 598 g/mol. The number of hydrogen-bond acceptors (Lipinski definition) is 7. The number of rotatable bonds is 7. The lowest BCUT2D eigenvalue weighted by Gasteiger charge is -2.33. The van der Waals surface area contributed by atoms with Gasteiger partial charge in [-0.1, -0.05) is 18.7 Å². The number of benzene rings is 2. The van der Waals surface area contributed by atoms with Crippen LogP contribution in [0.25, 0.3) is 54.8 Å². The summed E-state index contributed by atoms with van der Waals surface area (Å²) < 4.78 is 40.4. The van der Waals surface area contributed by atoms with Crippen LogP contribution in [0, 0.1) is 11.6 Å². The van der Waals surface area contributed by atoms with E-state index in [1.807, 2.05) is 60.6 Å². The Morgan fingerprint density at radius 2 is 1.98 bits per heavy atom. The van der Waals surface area contributed by atoms with Gasteiger partial charge in [0.1, 0.15) is 35.4 Å². The molecule has 0 fully saturated rings. The molecule has 0 aliphatic carbocycles. The zero-order valence-electron chi connectivity index (χ0n) is 24.5. The molecule has 1 amide bonds. The summed E-state index contributed by atoms with van der Waals surface area (Å²) in [5.74, 6) is -1.87.